The fourth-order valence-electron chi connectivity index (χ4n) is 1.33. The number of allylic oxidation sites excluding steroid dienone is 1. The third kappa shape index (κ3) is 3.42. The van der Waals surface area contributed by atoms with Gasteiger partial charge < -0.3 is 9.47 Å². The summed E-state index contributed by atoms with van der Waals surface area (Å²) in [5, 5.41) is 1.36. The van der Waals surface area contributed by atoms with E-state index in [1.54, 1.807) is 7.11 Å². The summed E-state index contributed by atoms with van der Waals surface area (Å²) in [7, 11) is 1.58. The topological polar surface area (TPSA) is 18.5 Å². The quantitative estimate of drug-likeness (QED) is 0.761. The van der Waals surface area contributed by atoms with Crippen LogP contribution in [0.5, 0.6) is 11.5 Å². The molecule has 4 heteroatoms. The minimum Gasteiger partial charge on any atom is -0.491 e. The lowest BCUT2D eigenvalue weighted by atomic mass is 10.2. The zero-order valence-corrected chi connectivity index (χ0v) is 11.6. The Morgan fingerprint density at radius 3 is 2.75 bits per heavy atom. The van der Waals surface area contributed by atoms with E-state index in [0.29, 0.717) is 23.1 Å². The monoisotopic (exact) mass is 304 g/mol. The van der Waals surface area contributed by atoms with E-state index in [0.717, 1.165) is 10.9 Å². The zero-order valence-electron chi connectivity index (χ0n) is 9.30. The van der Waals surface area contributed by atoms with Crippen LogP contribution in [0.3, 0.4) is 0 Å². The molecule has 1 rings (SSSR count). The van der Waals surface area contributed by atoms with Crippen molar-refractivity contribution in [3.8, 4) is 11.5 Å². The smallest absolute Gasteiger partial charge is 0.179 e. The fourth-order valence-corrected chi connectivity index (χ4v) is 1.81. The molecule has 0 unspecified atom stereocenters. The van der Waals surface area contributed by atoms with Crippen molar-refractivity contribution in [3.05, 3.63) is 28.8 Å². The summed E-state index contributed by atoms with van der Waals surface area (Å²) in [6.45, 7) is 2.51. The van der Waals surface area contributed by atoms with Crippen molar-refractivity contribution in [2.75, 3.05) is 19.0 Å². The molecule has 1 aromatic rings. The lowest BCUT2D eigenvalue weighted by molar-refractivity contribution is 0.311. The third-order valence-electron chi connectivity index (χ3n) is 1.94. The van der Waals surface area contributed by atoms with E-state index in [1.807, 2.05) is 31.2 Å². The van der Waals surface area contributed by atoms with Crippen LogP contribution in [0.15, 0.2) is 18.2 Å². The zero-order chi connectivity index (χ0) is 12.0. The van der Waals surface area contributed by atoms with Crippen LogP contribution in [0.25, 0.3) is 6.08 Å². The van der Waals surface area contributed by atoms with Crippen LogP contribution in [0, 0.1) is 0 Å². The van der Waals surface area contributed by atoms with E-state index in [-0.39, 0.29) is 0 Å². The van der Waals surface area contributed by atoms with Crippen molar-refractivity contribution in [1.29, 1.82) is 0 Å². The highest BCUT2D eigenvalue weighted by atomic mass is 79.9. The van der Waals surface area contributed by atoms with Gasteiger partial charge in [-0.1, -0.05) is 39.7 Å². The first-order valence-corrected chi connectivity index (χ1v) is 6.45. The summed E-state index contributed by atoms with van der Waals surface area (Å²) in [5.74, 6) is 1.26. The molecule has 16 heavy (non-hydrogen) atoms. The third-order valence-corrected chi connectivity index (χ3v) is 2.59. The average Bonchev–Trinajstić information content (AvgIpc) is 2.26. The van der Waals surface area contributed by atoms with Crippen molar-refractivity contribution < 1.29 is 9.47 Å². The summed E-state index contributed by atoms with van der Waals surface area (Å²) in [6, 6.07) is 3.76. The predicted molar refractivity (Wildman–Crippen MR) is 72.0 cm³/mol. The van der Waals surface area contributed by atoms with Gasteiger partial charge in [0.05, 0.1) is 18.7 Å². The van der Waals surface area contributed by atoms with Gasteiger partial charge >= 0.3 is 0 Å². The number of hydrogen-bond donors (Lipinski definition) is 0. The van der Waals surface area contributed by atoms with Gasteiger partial charge in [-0.05, 0) is 24.6 Å². The Bertz CT molecular complexity index is 378. The van der Waals surface area contributed by atoms with E-state index in [9.17, 15) is 0 Å². The molecule has 88 valence electrons. The van der Waals surface area contributed by atoms with Crippen molar-refractivity contribution in [3.63, 3.8) is 0 Å². The minimum absolute atomic E-state index is 0.558. The molecule has 0 saturated heterocycles. The van der Waals surface area contributed by atoms with Crippen LogP contribution in [0.1, 0.15) is 12.5 Å². The molecule has 0 radical (unpaired) electrons. The number of hydrogen-bond acceptors (Lipinski definition) is 2. The van der Waals surface area contributed by atoms with E-state index in [1.165, 1.54) is 0 Å². The van der Waals surface area contributed by atoms with Crippen LogP contribution in [-0.4, -0.2) is 19.0 Å². The first kappa shape index (κ1) is 13.4. The molecular formula is C12H14BrClO2. The van der Waals surface area contributed by atoms with Gasteiger partial charge in [0.15, 0.2) is 11.5 Å². The first-order valence-electron chi connectivity index (χ1n) is 4.95. The summed E-state index contributed by atoms with van der Waals surface area (Å²) < 4.78 is 10.7. The number of halogens is 2. The average molecular weight is 306 g/mol. The van der Waals surface area contributed by atoms with Gasteiger partial charge in [0, 0.05) is 5.33 Å². The normalized spacial score (nSPS) is 10.8. The maximum Gasteiger partial charge on any atom is 0.179 e. The van der Waals surface area contributed by atoms with Crippen LogP contribution in [-0.2, 0) is 0 Å². The van der Waals surface area contributed by atoms with Gasteiger partial charge in [0.1, 0.15) is 0 Å². The molecule has 0 fully saturated rings. The SMILES string of the molecule is CCOc1cc(C=CCBr)cc(Cl)c1OC. The summed E-state index contributed by atoms with van der Waals surface area (Å²) in [6.07, 6.45) is 3.97. The van der Waals surface area contributed by atoms with Crippen molar-refractivity contribution >= 4 is 33.6 Å². The molecule has 0 aliphatic carbocycles. The molecule has 2 nitrogen and oxygen atoms in total. The van der Waals surface area contributed by atoms with Crippen LogP contribution in [0.4, 0.5) is 0 Å². The fraction of sp³-hybridized carbons (Fsp3) is 0.333. The summed E-state index contributed by atoms with van der Waals surface area (Å²) >= 11 is 9.43. The van der Waals surface area contributed by atoms with Crippen molar-refractivity contribution in [1.82, 2.24) is 0 Å². The number of methoxy groups -OCH3 is 1. The summed E-state index contributed by atoms with van der Waals surface area (Å²) in [4.78, 5) is 0. The molecule has 0 aromatic heterocycles. The number of benzene rings is 1. The first-order chi connectivity index (χ1) is 7.72. The lowest BCUT2D eigenvalue weighted by Gasteiger charge is -2.11. The maximum absolute atomic E-state index is 6.10. The second-order valence-corrected chi connectivity index (χ2v) is 4.08. The Morgan fingerprint density at radius 1 is 1.44 bits per heavy atom. The van der Waals surface area contributed by atoms with Gasteiger partial charge in [-0.3, -0.25) is 0 Å². The molecule has 1 aromatic carbocycles. The molecule has 0 heterocycles. The minimum atomic E-state index is 0.558. The van der Waals surface area contributed by atoms with Gasteiger partial charge in [-0.15, -0.1) is 0 Å². The Labute approximate surface area is 109 Å². The number of ether oxygens (including phenoxy) is 2. The summed E-state index contributed by atoms with van der Waals surface area (Å²) in [5.41, 5.74) is 0.994. The van der Waals surface area contributed by atoms with Crippen LogP contribution in [0.2, 0.25) is 5.02 Å². The molecule has 0 aliphatic rings. The molecule has 0 aliphatic heterocycles. The van der Waals surface area contributed by atoms with Crippen LogP contribution < -0.4 is 9.47 Å². The molecule has 0 atom stereocenters. The van der Waals surface area contributed by atoms with Gasteiger partial charge in [-0.2, -0.15) is 0 Å². The number of alkyl halides is 1. The highest BCUT2D eigenvalue weighted by Gasteiger charge is 2.10. The Hall–Kier alpha value is -0.670. The lowest BCUT2D eigenvalue weighted by Crippen LogP contribution is -1.96. The maximum atomic E-state index is 6.10. The Morgan fingerprint density at radius 2 is 2.19 bits per heavy atom. The van der Waals surface area contributed by atoms with E-state index >= 15 is 0 Å². The Balaban J connectivity index is 3.11. The Kier molecular flexibility index (Phi) is 5.71. The van der Waals surface area contributed by atoms with E-state index in [2.05, 4.69) is 15.9 Å². The molecule has 0 bridgehead atoms. The highest BCUT2D eigenvalue weighted by molar-refractivity contribution is 9.09. The van der Waals surface area contributed by atoms with Gasteiger partial charge in [-0.25, -0.2) is 0 Å². The van der Waals surface area contributed by atoms with E-state index < -0.39 is 0 Å². The molecular weight excluding hydrogens is 291 g/mol. The van der Waals surface area contributed by atoms with Gasteiger partial charge in [0.2, 0.25) is 0 Å². The largest absolute Gasteiger partial charge is 0.491 e. The predicted octanol–water partition coefficient (Wildman–Crippen LogP) is 4.16. The van der Waals surface area contributed by atoms with Crippen molar-refractivity contribution in [2.45, 2.75) is 6.92 Å². The standard InChI is InChI=1S/C12H14BrClO2/c1-3-16-11-8-9(5-4-6-13)7-10(14)12(11)15-2/h4-5,7-8H,3,6H2,1-2H3. The van der Waals surface area contributed by atoms with Crippen molar-refractivity contribution in [2.24, 2.45) is 0 Å². The molecule has 0 N–H and O–H groups in total. The second kappa shape index (κ2) is 6.81. The molecule has 0 saturated carbocycles. The van der Waals surface area contributed by atoms with E-state index in [4.69, 9.17) is 21.1 Å². The highest BCUT2D eigenvalue weighted by Crippen LogP contribution is 2.36. The van der Waals surface area contributed by atoms with Gasteiger partial charge in [0.25, 0.3) is 0 Å². The van der Waals surface area contributed by atoms with Crippen LogP contribution >= 0.6 is 27.5 Å². The molecule has 0 spiro atoms. The molecule has 0 amide bonds. The number of rotatable bonds is 5. The second-order valence-electron chi connectivity index (χ2n) is 3.02.